The molecular formula is C25H46. The van der Waals surface area contributed by atoms with Crippen molar-refractivity contribution in [2.45, 2.75) is 99.8 Å². The topological polar surface area (TPSA) is 0 Å². The van der Waals surface area contributed by atoms with Gasteiger partial charge in [-0.05, 0) is 82.5 Å². The van der Waals surface area contributed by atoms with Gasteiger partial charge in [0, 0.05) is 0 Å². The van der Waals surface area contributed by atoms with Gasteiger partial charge in [0.1, 0.15) is 0 Å². The number of allylic oxidation sites excluding steroid dienone is 5. The van der Waals surface area contributed by atoms with Gasteiger partial charge in [-0.15, -0.1) is 6.58 Å². The summed E-state index contributed by atoms with van der Waals surface area (Å²) in [6.45, 7) is 20.2. The maximum Gasteiger partial charge on any atom is -0.0171 e. The van der Waals surface area contributed by atoms with E-state index in [4.69, 9.17) is 0 Å². The average Bonchev–Trinajstić information content (AvgIpc) is 2.53. The molecule has 2 atom stereocenters. The molecule has 0 aromatic rings. The zero-order valence-corrected chi connectivity index (χ0v) is 18.4. The van der Waals surface area contributed by atoms with Gasteiger partial charge in [-0.3, -0.25) is 0 Å². The van der Waals surface area contributed by atoms with Crippen LogP contribution in [0.5, 0.6) is 0 Å². The van der Waals surface area contributed by atoms with Crippen LogP contribution in [-0.2, 0) is 0 Å². The van der Waals surface area contributed by atoms with E-state index in [-0.39, 0.29) is 0 Å². The largest absolute Gasteiger partial charge is 0.103 e. The second kappa shape index (κ2) is 14.4. The van der Waals surface area contributed by atoms with E-state index in [1.165, 1.54) is 51.4 Å². The third-order valence-corrected chi connectivity index (χ3v) is 5.33. The summed E-state index contributed by atoms with van der Waals surface area (Å²) in [4.78, 5) is 0. The van der Waals surface area contributed by atoms with Gasteiger partial charge in [-0.1, -0.05) is 70.4 Å². The minimum atomic E-state index is 0.627. The minimum Gasteiger partial charge on any atom is -0.103 e. The molecule has 0 amide bonds. The van der Waals surface area contributed by atoms with Crippen molar-refractivity contribution in [1.82, 2.24) is 0 Å². The van der Waals surface area contributed by atoms with E-state index >= 15 is 0 Å². The monoisotopic (exact) mass is 346 g/mol. The van der Waals surface area contributed by atoms with Gasteiger partial charge in [0.25, 0.3) is 0 Å². The Morgan fingerprint density at radius 3 is 2.04 bits per heavy atom. The van der Waals surface area contributed by atoms with Crippen molar-refractivity contribution in [3.05, 3.63) is 36.0 Å². The maximum absolute atomic E-state index is 3.95. The standard InChI is InChI=1S/C25H46/c1-9-22(6)16-18-25(24(8)15-11-13-21(4)5)19-17-23(7)14-10-12-20(2)3/h9,15,17,20-22,25H,1,10-14,16,18-19H2,2-8H3/b23-17+,24-15+. The molecule has 0 N–H and O–H groups in total. The molecule has 0 heterocycles. The fourth-order valence-electron chi connectivity index (χ4n) is 3.16. The van der Waals surface area contributed by atoms with Crippen LogP contribution in [0.2, 0.25) is 0 Å². The maximum atomic E-state index is 3.95. The summed E-state index contributed by atoms with van der Waals surface area (Å²) in [7, 11) is 0. The Hall–Kier alpha value is -0.780. The van der Waals surface area contributed by atoms with Crippen molar-refractivity contribution in [3.63, 3.8) is 0 Å². The molecule has 2 unspecified atom stereocenters. The fourth-order valence-corrected chi connectivity index (χ4v) is 3.16. The molecule has 0 aliphatic heterocycles. The molecule has 0 aromatic heterocycles. The summed E-state index contributed by atoms with van der Waals surface area (Å²) in [6, 6.07) is 0. The zero-order valence-electron chi connectivity index (χ0n) is 18.4. The molecule has 0 nitrogen and oxygen atoms in total. The van der Waals surface area contributed by atoms with Gasteiger partial charge in [0.05, 0.1) is 0 Å². The van der Waals surface area contributed by atoms with Crippen LogP contribution in [0, 0.1) is 23.7 Å². The smallest absolute Gasteiger partial charge is 0.0171 e. The van der Waals surface area contributed by atoms with Crippen LogP contribution in [0.1, 0.15) is 99.8 Å². The molecule has 0 saturated heterocycles. The Labute approximate surface area is 159 Å². The highest BCUT2D eigenvalue weighted by Crippen LogP contribution is 2.26. The van der Waals surface area contributed by atoms with E-state index in [0.29, 0.717) is 11.8 Å². The van der Waals surface area contributed by atoms with Crippen molar-refractivity contribution in [2.24, 2.45) is 23.7 Å². The van der Waals surface area contributed by atoms with Crippen LogP contribution in [0.3, 0.4) is 0 Å². The van der Waals surface area contributed by atoms with E-state index in [1.54, 1.807) is 11.1 Å². The van der Waals surface area contributed by atoms with Crippen LogP contribution in [-0.4, -0.2) is 0 Å². The molecular weight excluding hydrogens is 300 g/mol. The Bertz CT molecular complexity index is 394. The Balaban J connectivity index is 4.67. The molecule has 0 saturated carbocycles. The van der Waals surface area contributed by atoms with Crippen LogP contribution < -0.4 is 0 Å². The summed E-state index contributed by atoms with van der Waals surface area (Å²) in [6.07, 6.45) is 17.4. The van der Waals surface area contributed by atoms with E-state index < -0.39 is 0 Å². The second-order valence-corrected chi connectivity index (χ2v) is 8.98. The summed E-state index contributed by atoms with van der Waals surface area (Å²) < 4.78 is 0. The van der Waals surface area contributed by atoms with E-state index in [1.807, 2.05) is 0 Å². The first-order valence-corrected chi connectivity index (χ1v) is 10.7. The van der Waals surface area contributed by atoms with E-state index in [0.717, 1.165) is 11.8 Å². The first kappa shape index (κ1) is 24.2. The fraction of sp³-hybridized carbons (Fsp3) is 0.760. The molecule has 0 aromatic carbocycles. The molecule has 25 heavy (non-hydrogen) atoms. The first-order valence-electron chi connectivity index (χ1n) is 10.7. The van der Waals surface area contributed by atoms with Gasteiger partial charge in [0.15, 0.2) is 0 Å². The number of hydrogen-bond donors (Lipinski definition) is 0. The quantitative estimate of drug-likeness (QED) is 0.276. The average molecular weight is 347 g/mol. The van der Waals surface area contributed by atoms with Crippen molar-refractivity contribution in [2.75, 3.05) is 0 Å². The lowest BCUT2D eigenvalue weighted by Crippen LogP contribution is -2.04. The number of rotatable bonds is 14. The first-order chi connectivity index (χ1) is 11.8. The third-order valence-electron chi connectivity index (χ3n) is 5.33. The molecule has 0 fully saturated rings. The molecule has 146 valence electrons. The highest BCUT2D eigenvalue weighted by Gasteiger charge is 2.11. The molecule has 0 rings (SSSR count). The predicted molar refractivity (Wildman–Crippen MR) is 117 cm³/mol. The zero-order chi connectivity index (χ0) is 19.2. The lowest BCUT2D eigenvalue weighted by molar-refractivity contribution is 0.488. The normalized spacial score (nSPS) is 15.7. The Morgan fingerprint density at radius 2 is 1.48 bits per heavy atom. The molecule has 0 spiro atoms. The SMILES string of the molecule is C=CC(C)CCC(C/C=C(\C)CCCC(C)C)/C(C)=C/CCC(C)C. The summed E-state index contributed by atoms with van der Waals surface area (Å²) in [5.74, 6) is 2.95. The van der Waals surface area contributed by atoms with Gasteiger partial charge in [-0.2, -0.15) is 0 Å². The van der Waals surface area contributed by atoms with Crippen LogP contribution in [0.4, 0.5) is 0 Å². The van der Waals surface area contributed by atoms with Gasteiger partial charge >= 0.3 is 0 Å². The predicted octanol–water partition coefficient (Wildman–Crippen LogP) is 8.75. The summed E-state index contributed by atoms with van der Waals surface area (Å²) in [5.41, 5.74) is 3.18. The van der Waals surface area contributed by atoms with Crippen molar-refractivity contribution in [1.29, 1.82) is 0 Å². The van der Waals surface area contributed by atoms with Crippen molar-refractivity contribution >= 4 is 0 Å². The summed E-state index contributed by atoms with van der Waals surface area (Å²) in [5, 5.41) is 0. The van der Waals surface area contributed by atoms with Crippen LogP contribution >= 0.6 is 0 Å². The number of hydrogen-bond acceptors (Lipinski definition) is 0. The van der Waals surface area contributed by atoms with Gasteiger partial charge < -0.3 is 0 Å². The van der Waals surface area contributed by atoms with E-state index in [2.05, 4.69) is 73.3 Å². The minimum absolute atomic E-state index is 0.627. The van der Waals surface area contributed by atoms with Crippen molar-refractivity contribution in [3.8, 4) is 0 Å². The highest BCUT2D eigenvalue weighted by molar-refractivity contribution is 5.08. The van der Waals surface area contributed by atoms with Gasteiger partial charge in [-0.25, -0.2) is 0 Å². The van der Waals surface area contributed by atoms with Gasteiger partial charge in [0.2, 0.25) is 0 Å². The second-order valence-electron chi connectivity index (χ2n) is 8.98. The van der Waals surface area contributed by atoms with Crippen LogP contribution in [0.25, 0.3) is 0 Å². The summed E-state index contributed by atoms with van der Waals surface area (Å²) >= 11 is 0. The van der Waals surface area contributed by atoms with Crippen LogP contribution in [0.15, 0.2) is 36.0 Å². The molecule has 0 radical (unpaired) electrons. The third kappa shape index (κ3) is 14.1. The van der Waals surface area contributed by atoms with Crippen molar-refractivity contribution < 1.29 is 0 Å². The molecule has 0 aliphatic carbocycles. The molecule has 0 bridgehead atoms. The lowest BCUT2D eigenvalue weighted by Gasteiger charge is -2.19. The Kier molecular flexibility index (Phi) is 13.9. The molecule has 0 aliphatic rings. The molecule has 0 heteroatoms. The highest BCUT2D eigenvalue weighted by atomic mass is 14.2. The Morgan fingerprint density at radius 1 is 0.840 bits per heavy atom. The lowest BCUT2D eigenvalue weighted by atomic mass is 9.87. The van der Waals surface area contributed by atoms with E-state index in [9.17, 15) is 0 Å².